The van der Waals surface area contributed by atoms with Gasteiger partial charge >= 0.3 is 0 Å². The first-order chi connectivity index (χ1) is 6.02. The van der Waals surface area contributed by atoms with Crippen molar-refractivity contribution >= 4 is 16.9 Å². The summed E-state index contributed by atoms with van der Waals surface area (Å²) >= 11 is -2.02. The number of carbonyl (C=O) groups is 1. The van der Waals surface area contributed by atoms with Gasteiger partial charge < -0.3 is 4.55 Å². The number of Topliss-reactive ketones (excluding diaryl/α,β-unsaturated/α-hetero) is 1. The number of carbonyl (C=O) groups excluding carboxylic acids is 1. The molecule has 0 saturated carbocycles. The van der Waals surface area contributed by atoms with Gasteiger partial charge in [-0.25, -0.2) is 4.21 Å². The van der Waals surface area contributed by atoms with E-state index < -0.39 is 11.1 Å². The van der Waals surface area contributed by atoms with E-state index in [0.717, 1.165) is 0 Å². The van der Waals surface area contributed by atoms with E-state index >= 15 is 0 Å². The molecule has 0 aliphatic rings. The molecule has 1 atom stereocenters. The monoisotopic (exact) mass is 198 g/mol. The van der Waals surface area contributed by atoms with E-state index in [1.165, 1.54) is 13.0 Å². The Hall–Kier alpha value is -1.00. The van der Waals surface area contributed by atoms with Gasteiger partial charge in [-0.1, -0.05) is 12.1 Å². The highest BCUT2D eigenvalue weighted by atomic mass is 32.2. The fraction of sp³-hybridized carbons (Fsp3) is 0.222. The van der Waals surface area contributed by atoms with Crippen LogP contribution in [0.4, 0.5) is 0 Å². The summed E-state index contributed by atoms with van der Waals surface area (Å²) in [5.41, 5.74) is 1.17. The van der Waals surface area contributed by atoms with Crippen molar-refractivity contribution in [2.24, 2.45) is 0 Å². The van der Waals surface area contributed by atoms with Gasteiger partial charge in [0.2, 0.25) is 0 Å². The maximum absolute atomic E-state index is 11.0. The fourth-order valence-electron chi connectivity index (χ4n) is 1.01. The van der Waals surface area contributed by atoms with Crippen molar-refractivity contribution in [2.45, 2.75) is 18.7 Å². The van der Waals surface area contributed by atoms with Crippen LogP contribution < -0.4 is 0 Å². The standard InChI is InChI=1S/C9H10O3S/c1-6-3-4-8(7(2)10)5-9(6)13(11)12/h3-5H,1-2H3,(H,11,12). The largest absolute Gasteiger partial charge is 0.302 e. The van der Waals surface area contributed by atoms with Gasteiger partial charge in [0, 0.05) is 5.56 Å². The molecule has 0 aliphatic carbocycles. The molecule has 1 rings (SSSR count). The predicted molar refractivity (Wildman–Crippen MR) is 50.2 cm³/mol. The number of benzene rings is 1. The average Bonchev–Trinajstić information content (AvgIpc) is 2.04. The lowest BCUT2D eigenvalue weighted by atomic mass is 10.1. The van der Waals surface area contributed by atoms with Crippen molar-refractivity contribution < 1.29 is 13.6 Å². The van der Waals surface area contributed by atoms with Gasteiger partial charge in [-0.15, -0.1) is 0 Å². The second kappa shape index (κ2) is 3.81. The zero-order chi connectivity index (χ0) is 10.0. The van der Waals surface area contributed by atoms with Gasteiger partial charge in [0.15, 0.2) is 16.9 Å². The third kappa shape index (κ3) is 2.23. The molecule has 0 bridgehead atoms. The predicted octanol–water partition coefficient (Wildman–Crippen LogP) is 1.78. The van der Waals surface area contributed by atoms with Gasteiger partial charge in [-0.3, -0.25) is 4.79 Å². The highest BCUT2D eigenvalue weighted by molar-refractivity contribution is 7.79. The molecule has 3 nitrogen and oxygen atoms in total. The molecule has 1 unspecified atom stereocenters. The number of rotatable bonds is 2. The second-order valence-corrected chi connectivity index (χ2v) is 3.72. The number of hydrogen-bond donors (Lipinski definition) is 1. The van der Waals surface area contributed by atoms with Crippen LogP contribution in [0.5, 0.6) is 0 Å². The SMILES string of the molecule is CC(=O)c1ccc(C)c(S(=O)O)c1. The van der Waals surface area contributed by atoms with Gasteiger partial charge in [0.05, 0.1) is 4.90 Å². The second-order valence-electron chi connectivity index (χ2n) is 2.79. The van der Waals surface area contributed by atoms with Crippen LogP contribution in [-0.2, 0) is 11.1 Å². The molecule has 1 aromatic rings. The van der Waals surface area contributed by atoms with E-state index in [1.54, 1.807) is 19.1 Å². The first-order valence-electron chi connectivity index (χ1n) is 3.75. The molecular formula is C9H10O3S. The Morgan fingerprint density at radius 3 is 2.54 bits per heavy atom. The van der Waals surface area contributed by atoms with Crippen molar-refractivity contribution in [3.8, 4) is 0 Å². The number of ketones is 1. The first-order valence-corrected chi connectivity index (χ1v) is 4.85. The van der Waals surface area contributed by atoms with Gasteiger partial charge in [-0.2, -0.15) is 0 Å². The molecule has 70 valence electrons. The van der Waals surface area contributed by atoms with Crippen LogP contribution >= 0.6 is 0 Å². The molecule has 1 aromatic carbocycles. The summed E-state index contributed by atoms with van der Waals surface area (Å²) in [6.45, 7) is 3.15. The van der Waals surface area contributed by atoms with Crippen LogP contribution in [0.25, 0.3) is 0 Å². The van der Waals surface area contributed by atoms with E-state index in [2.05, 4.69) is 0 Å². The van der Waals surface area contributed by atoms with E-state index in [9.17, 15) is 9.00 Å². The normalized spacial score (nSPS) is 12.5. The Morgan fingerprint density at radius 2 is 2.08 bits per heavy atom. The molecule has 0 aliphatic heterocycles. The van der Waals surface area contributed by atoms with Crippen LogP contribution in [0, 0.1) is 6.92 Å². The lowest BCUT2D eigenvalue weighted by Crippen LogP contribution is -1.98. The molecule has 0 saturated heterocycles. The first kappa shape index (κ1) is 10.1. The summed E-state index contributed by atoms with van der Waals surface area (Å²) < 4.78 is 19.7. The molecule has 0 spiro atoms. The summed E-state index contributed by atoms with van der Waals surface area (Å²) in [5, 5.41) is 0. The van der Waals surface area contributed by atoms with Crippen LogP contribution in [0.3, 0.4) is 0 Å². The summed E-state index contributed by atoms with van der Waals surface area (Å²) in [6.07, 6.45) is 0. The number of hydrogen-bond acceptors (Lipinski definition) is 2. The van der Waals surface area contributed by atoms with Crippen LogP contribution in [0.1, 0.15) is 22.8 Å². The molecule has 0 heterocycles. The Kier molecular flexibility index (Phi) is 2.95. The molecule has 0 amide bonds. The van der Waals surface area contributed by atoms with Crippen molar-refractivity contribution in [3.63, 3.8) is 0 Å². The lowest BCUT2D eigenvalue weighted by molar-refractivity contribution is 0.101. The molecule has 13 heavy (non-hydrogen) atoms. The molecule has 0 aromatic heterocycles. The average molecular weight is 198 g/mol. The highest BCUT2D eigenvalue weighted by Gasteiger charge is 2.07. The zero-order valence-electron chi connectivity index (χ0n) is 7.40. The third-order valence-corrected chi connectivity index (χ3v) is 2.60. The highest BCUT2D eigenvalue weighted by Crippen LogP contribution is 2.14. The minimum atomic E-state index is -2.02. The molecule has 4 heteroatoms. The van der Waals surface area contributed by atoms with E-state index in [-0.39, 0.29) is 5.78 Å². The van der Waals surface area contributed by atoms with Crippen molar-refractivity contribution in [2.75, 3.05) is 0 Å². The smallest absolute Gasteiger partial charge is 0.186 e. The molecule has 1 N–H and O–H groups in total. The minimum absolute atomic E-state index is 0.105. The lowest BCUT2D eigenvalue weighted by Gasteiger charge is -2.02. The summed E-state index contributed by atoms with van der Waals surface area (Å²) in [7, 11) is 0. The Bertz CT molecular complexity index is 371. The molecule has 0 fully saturated rings. The minimum Gasteiger partial charge on any atom is -0.302 e. The Balaban J connectivity index is 3.27. The number of aryl methyl sites for hydroxylation is 1. The van der Waals surface area contributed by atoms with E-state index in [4.69, 9.17) is 4.55 Å². The maximum Gasteiger partial charge on any atom is 0.186 e. The van der Waals surface area contributed by atoms with Crippen molar-refractivity contribution in [1.29, 1.82) is 0 Å². The molecule has 0 radical (unpaired) electrons. The van der Waals surface area contributed by atoms with Crippen molar-refractivity contribution in [3.05, 3.63) is 29.3 Å². The van der Waals surface area contributed by atoms with Crippen LogP contribution in [-0.4, -0.2) is 14.5 Å². The quantitative estimate of drug-likeness (QED) is 0.582. The summed E-state index contributed by atoms with van der Waals surface area (Å²) in [5.74, 6) is -0.105. The Morgan fingerprint density at radius 1 is 1.46 bits per heavy atom. The van der Waals surface area contributed by atoms with E-state index in [1.807, 2.05) is 0 Å². The molecular weight excluding hydrogens is 188 g/mol. The van der Waals surface area contributed by atoms with Crippen molar-refractivity contribution in [1.82, 2.24) is 0 Å². The maximum atomic E-state index is 11.0. The van der Waals surface area contributed by atoms with Crippen LogP contribution in [0.15, 0.2) is 23.1 Å². The van der Waals surface area contributed by atoms with Gasteiger partial charge in [0.25, 0.3) is 0 Å². The fourth-order valence-corrected chi connectivity index (χ4v) is 1.58. The summed E-state index contributed by atoms with van der Waals surface area (Å²) in [6, 6.07) is 4.77. The van der Waals surface area contributed by atoms with Crippen LogP contribution in [0.2, 0.25) is 0 Å². The van der Waals surface area contributed by atoms with E-state index in [0.29, 0.717) is 16.0 Å². The van der Waals surface area contributed by atoms with Gasteiger partial charge in [0.1, 0.15) is 0 Å². The van der Waals surface area contributed by atoms with Gasteiger partial charge in [-0.05, 0) is 25.5 Å². The Labute approximate surface area is 79.1 Å². The topological polar surface area (TPSA) is 54.4 Å². The third-order valence-electron chi connectivity index (χ3n) is 1.78. The zero-order valence-corrected chi connectivity index (χ0v) is 8.22. The summed E-state index contributed by atoms with van der Waals surface area (Å²) in [4.78, 5) is 11.2.